The van der Waals surface area contributed by atoms with E-state index in [-0.39, 0.29) is 29.7 Å². The number of amides is 1. The Hall–Kier alpha value is -2.63. The second-order valence-corrected chi connectivity index (χ2v) is 10.4. The van der Waals surface area contributed by atoms with Crippen molar-refractivity contribution in [2.45, 2.75) is 18.4 Å². The summed E-state index contributed by atoms with van der Waals surface area (Å²) < 4.78 is 63.1. The van der Waals surface area contributed by atoms with E-state index in [0.29, 0.717) is 17.1 Å². The molecule has 1 atom stereocenters. The standard InChI is InChI=1S/C18H18N2O7S2/c1-12-10-28(22,23)20(18(12)21)14-3-5-15(6-4-14)29(24,25)19-9-13-2-7-16-17(8-13)27-11-26-16/h2-8,12,19H,9-11H2,1H3. The fourth-order valence-corrected chi connectivity index (χ4v) is 6.00. The number of ether oxygens (including phenoxy) is 2. The quantitative estimate of drug-likeness (QED) is 0.745. The minimum absolute atomic E-state index is 0.0389. The molecule has 0 saturated carbocycles. The van der Waals surface area contributed by atoms with Crippen LogP contribution in [0.1, 0.15) is 12.5 Å². The molecule has 2 aliphatic rings. The van der Waals surface area contributed by atoms with E-state index in [1.807, 2.05) is 0 Å². The van der Waals surface area contributed by atoms with E-state index in [9.17, 15) is 21.6 Å². The number of nitrogens with one attached hydrogen (secondary N) is 1. The van der Waals surface area contributed by atoms with Crippen LogP contribution in [0.5, 0.6) is 11.5 Å². The molecular formula is C18H18N2O7S2. The lowest BCUT2D eigenvalue weighted by Gasteiger charge is -2.15. The minimum atomic E-state index is -3.84. The highest BCUT2D eigenvalue weighted by molar-refractivity contribution is 7.94. The topological polar surface area (TPSA) is 119 Å². The Morgan fingerprint density at radius 1 is 1.10 bits per heavy atom. The first kappa shape index (κ1) is 19.7. The van der Waals surface area contributed by atoms with Gasteiger partial charge < -0.3 is 9.47 Å². The Morgan fingerprint density at radius 3 is 2.45 bits per heavy atom. The molecule has 11 heteroatoms. The monoisotopic (exact) mass is 438 g/mol. The van der Waals surface area contributed by atoms with Gasteiger partial charge in [-0.3, -0.25) is 4.79 Å². The number of carbonyl (C=O) groups is 1. The fraction of sp³-hybridized carbons (Fsp3) is 0.278. The van der Waals surface area contributed by atoms with E-state index in [4.69, 9.17) is 9.47 Å². The number of carbonyl (C=O) groups excluding carboxylic acids is 1. The molecule has 1 saturated heterocycles. The summed E-state index contributed by atoms with van der Waals surface area (Å²) in [4.78, 5) is 12.1. The lowest BCUT2D eigenvalue weighted by atomic mass is 10.2. The van der Waals surface area contributed by atoms with Crippen LogP contribution in [0.2, 0.25) is 0 Å². The first-order valence-electron chi connectivity index (χ1n) is 8.72. The van der Waals surface area contributed by atoms with Crippen LogP contribution in [0, 0.1) is 5.92 Å². The summed E-state index contributed by atoms with van der Waals surface area (Å²) in [5.74, 6) is -0.263. The van der Waals surface area contributed by atoms with Gasteiger partial charge in [0, 0.05) is 6.54 Å². The van der Waals surface area contributed by atoms with Crippen molar-refractivity contribution in [3.05, 3.63) is 48.0 Å². The molecule has 0 bridgehead atoms. The zero-order chi connectivity index (χ0) is 20.8. The highest BCUT2D eigenvalue weighted by atomic mass is 32.2. The predicted molar refractivity (Wildman–Crippen MR) is 103 cm³/mol. The molecule has 1 N–H and O–H groups in total. The van der Waals surface area contributed by atoms with Crippen molar-refractivity contribution in [3.8, 4) is 11.5 Å². The summed E-state index contributed by atoms with van der Waals surface area (Å²) in [7, 11) is -7.58. The Balaban J connectivity index is 1.50. The molecule has 9 nitrogen and oxygen atoms in total. The number of nitrogens with zero attached hydrogens (tertiary/aromatic N) is 1. The first-order valence-corrected chi connectivity index (χ1v) is 11.8. The molecule has 2 heterocycles. The summed E-state index contributed by atoms with van der Waals surface area (Å²) in [5.41, 5.74) is 0.811. The number of hydrogen-bond donors (Lipinski definition) is 1. The highest BCUT2D eigenvalue weighted by Gasteiger charge is 2.41. The average Bonchev–Trinajstić information content (AvgIpc) is 3.21. The molecule has 2 aliphatic heterocycles. The van der Waals surface area contributed by atoms with Crippen molar-refractivity contribution in [3.63, 3.8) is 0 Å². The van der Waals surface area contributed by atoms with Crippen LogP contribution in [0.25, 0.3) is 0 Å². The zero-order valence-corrected chi connectivity index (χ0v) is 17.0. The third-order valence-corrected chi connectivity index (χ3v) is 7.93. The molecule has 0 aliphatic carbocycles. The minimum Gasteiger partial charge on any atom is -0.454 e. The number of hydrogen-bond acceptors (Lipinski definition) is 7. The molecule has 1 amide bonds. The molecule has 4 rings (SSSR count). The Kier molecular flexibility index (Phi) is 4.75. The third-order valence-electron chi connectivity index (χ3n) is 4.65. The number of benzene rings is 2. The van der Waals surface area contributed by atoms with Gasteiger partial charge in [0.1, 0.15) is 0 Å². The van der Waals surface area contributed by atoms with Gasteiger partial charge in [-0.25, -0.2) is 25.9 Å². The van der Waals surface area contributed by atoms with E-state index >= 15 is 0 Å². The molecule has 1 unspecified atom stereocenters. The van der Waals surface area contributed by atoms with E-state index in [0.717, 1.165) is 4.31 Å². The third kappa shape index (κ3) is 3.68. The molecule has 0 aromatic heterocycles. The van der Waals surface area contributed by atoms with E-state index in [1.54, 1.807) is 25.1 Å². The van der Waals surface area contributed by atoms with Gasteiger partial charge in [-0.1, -0.05) is 13.0 Å². The molecule has 2 aromatic rings. The lowest BCUT2D eigenvalue weighted by molar-refractivity contribution is -0.119. The summed E-state index contributed by atoms with van der Waals surface area (Å²) in [6.45, 7) is 1.71. The van der Waals surface area contributed by atoms with Crippen LogP contribution in [0.3, 0.4) is 0 Å². The molecule has 29 heavy (non-hydrogen) atoms. The van der Waals surface area contributed by atoms with Gasteiger partial charge in [-0.2, -0.15) is 0 Å². The van der Waals surface area contributed by atoms with Crippen molar-refractivity contribution < 1.29 is 31.1 Å². The van der Waals surface area contributed by atoms with Crippen molar-refractivity contribution in [1.82, 2.24) is 4.72 Å². The number of rotatable bonds is 5. The van der Waals surface area contributed by atoms with E-state index < -0.39 is 31.9 Å². The SMILES string of the molecule is CC1CS(=O)(=O)N(c2ccc(S(=O)(=O)NCc3ccc4c(c3)OCO4)cc2)C1=O. The lowest BCUT2D eigenvalue weighted by Crippen LogP contribution is -2.30. The Bertz CT molecular complexity index is 1180. The van der Waals surface area contributed by atoms with Crippen molar-refractivity contribution in [2.24, 2.45) is 5.92 Å². The smallest absolute Gasteiger partial charge is 0.244 e. The molecular weight excluding hydrogens is 420 g/mol. The first-order chi connectivity index (χ1) is 13.7. The second-order valence-electron chi connectivity index (χ2n) is 6.79. The molecule has 0 spiro atoms. The largest absolute Gasteiger partial charge is 0.454 e. The summed E-state index contributed by atoms with van der Waals surface area (Å²) in [6.07, 6.45) is 0. The van der Waals surface area contributed by atoms with Crippen LogP contribution in [-0.4, -0.2) is 35.3 Å². The molecule has 1 fully saturated rings. The maximum absolute atomic E-state index is 12.5. The van der Waals surface area contributed by atoms with Gasteiger partial charge >= 0.3 is 0 Å². The second kappa shape index (κ2) is 7.01. The maximum Gasteiger partial charge on any atom is 0.244 e. The zero-order valence-electron chi connectivity index (χ0n) is 15.4. The normalized spacial score (nSPS) is 20.2. The number of fused-ring (bicyclic) bond motifs is 1. The van der Waals surface area contributed by atoms with Gasteiger partial charge in [0.05, 0.1) is 22.3 Å². The fourth-order valence-electron chi connectivity index (χ4n) is 3.16. The maximum atomic E-state index is 12.5. The number of sulfonamides is 2. The summed E-state index contributed by atoms with van der Waals surface area (Å²) in [6, 6.07) is 10.3. The van der Waals surface area contributed by atoms with Gasteiger partial charge in [0.15, 0.2) is 11.5 Å². The highest BCUT2D eigenvalue weighted by Crippen LogP contribution is 2.32. The predicted octanol–water partition coefficient (Wildman–Crippen LogP) is 1.21. The van der Waals surface area contributed by atoms with Crippen molar-refractivity contribution in [2.75, 3.05) is 16.9 Å². The average molecular weight is 438 g/mol. The Labute approximate surface area is 168 Å². The van der Waals surface area contributed by atoms with Crippen LogP contribution in [0.15, 0.2) is 47.4 Å². The summed E-state index contributed by atoms with van der Waals surface area (Å²) in [5, 5.41) is 0. The van der Waals surface area contributed by atoms with Crippen LogP contribution in [-0.2, 0) is 31.4 Å². The van der Waals surface area contributed by atoms with Crippen LogP contribution >= 0.6 is 0 Å². The van der Waals surface area contributed by atoms with Gasteiger partial charge in [0.2, 0.25) is 32.7 Å². The van der Waals surface area contributed by atoms with Gasteiger partial charge in [-0.05, 0) is 42.0 Å². The molecule has 154 valence electrons. The van der Waals surface area contributed by atoms with Crippen molar-refractivity contribution >= 4 is 31.6 Å². The van der Waals surface area contributed by atoms with Gasteiger partial charge in [-0.15, -0.1) is 0 Å². The Morgan fingerprint density at radius 2 is 1.79 bits per heavy atom. The summed E-state index contributed by atoms with van der Waals surface area (Å²) >= 11 is 0. The van der Waals surface area contributed by atoms with Crippen LogP contribution < -0.4 is 18.5 Å². The van der Waals surface area contributed by atoms with Gasteiger partial charge in [0.25, 0.3) is 0 Å². The molecule has 2 aromatic carbocycles. The van der Waals surface area contributed by atoms with E-state index in [2.05, 4.69) is 4.72 Å². The van der Waals surface area contributed by atoms with Crippen LogP contribution in [0.4, 0.5) is 5.69 Å². The number of anilines is 1. The van der Waals surface area contributed by atoms with E-state index in [1.165, 1.54) is 24.3 Å². The molecule has 0 radical (unpaired) electrons. The van der Waals surface area contributed by atoms with Crippen molar-refractivity contribution in [1.29, 1.82) is 0 Å².